The van der Waals surface area contributed by atoms with Crippen LogP contribution in [0.4, 0.5) is 10.5 Å². The lowest BCUT2D eigenvalue weighted by atomic mass is 10.2. The molecule has 2 heterocycles. The highest BCUT2D eigenvalue weighted by molar-refractivity contribution is 6.09. The molecule has 7 heteroatoms. The number of nitrogens with one attached hydrogen (secondary N) is 1. The summed E-state index contributed by atoms with van der Waals surface area (Å²) in [5.74, 6) is -1.16. The fraction of sp³-hybridized carbons (Fsp3) is 0.154. The Hall–Kier alpha value is -2.83. The maximum atomic E-state index is 11.6. The molecule has 0 saturated carbocycles. The molecule has 0 aromatic carbocycles. The molecule has 1 amide bonds. The zero-order valence-corrected chi connectivity index (χ0v) is 10.8. The number of fused-ring (bicyclic) bond motifs is 1. The summed E-state index contributed by atoms with van der Waals surface area (Å²) >= 11 is 0. The van der Waals surface area contributed by atoms with Gasteiger partial charge in [0.2, 0.25) is 0 Å². The molecule has 2 rings (SSSR count). The number of carboxylic acid groups (broad SMARTS) is 1. The van der Waals surface area contributed by atoms with E-state index in [0.717, 1.165) is 0 Å². The molecule has 2 N–H and O–H groups in total. The van der Waals surface area contributed by atoms with Crippen LogP contribution < -0.4 is 5.32 Å². The molecule has 0 aliphatic carbocycles. The molecule has 0 saturated heterocycles. The number of hydrogen-bond donors (Lipinski definition) is 2. The highest BCUT2D eigenvalue weighted by atomic mass is 16.5. The van der Waals surface area contributed by atoms with E-state index in [2.05, 4.69) is 16.9 Å². The van der Waals surface area contributed by atoms with E-state index in [0.29, 0.717) is 11.0 Å². The Morgan fingerprint density at radius 1 is 1.60 bits per heavy atom. The summed E-state index contributed by atoms with van der Waals surface area (Å²) in [6, 6.07) is 3.34. The third-order valence-electron chi connectivity index (χ3n) is 2.71. The van der Waals surface area contributed by atoms with E-state index in [-0.39, 0.29) is 18.0 Å². The van der Waals surface area contributed by atoms with Crippen LogP contribution in [0.1, 0.15) is 10.5 Å². The number of pyridine rings is 1. The van der Waals surface area contributed by atoms with Gasteiger partial charge in [-0.3, -0.25) is 5.32 Å². The van der Waals surface area contributed by atoms with E-state index in [4.69, 9.17) is 4.74 Å². The summed E-state index contributed by atoms with van der Waals surface area (Å²) in [4.78, 5) is 27.1. The number of carbonyl (C=O) groups is 2. The molecule has 0 aliphatic heterocycles. The first kappa shape index (κ1) is 13.6. The van der Waals surface area contributed by atoms with E-state index >= 15 is 0 Å². The van der Waals surface area contributed by atoms with Crippen LogP contribution >= 0.6 is 0 Å². The lowest BCUT2D eigenvalue weighted by Crippen LogP contribution is -2.16. The number of nitrogens with zero attached hydrogens (tertiary/aromatic N) is 2. The fourth-order valence-electron chi connectivity index (χ4n) is 1.91. The van der Waals surface area contributed by atoms with Crippen molar-refractivity contribution in [3.8, 4) is 0 Å². The number of aromatic carboxylic acids is 1. The van der Waals surface area contributed by atoms with Gasteiger partial charge in [-0.15, -0.1) is 0 Å². The third-order valence-corrected chi connectivity index (χ3v) is 2.71. The maximum Gasteiger partial charge on any atom is 0.412 e. The fourth-order valence-corrected chi connectivity index (χ4v) is 1.91. The number of rotatable bonds is 4. The SMILES string of the molecule is C=CCOC(=O)Nc1c(C(=O)O)n(C)c2ncccc12. The molecule has 0 radical (unpaired) electrons. The van der Waals surface area contributed by atoms with Crippen LogP contribution in [0.15, 0.2) is 31.0 Å². The summed E-state index contributed by atoms with van der Waals surface area (Å²) in [6.45, 7) is 3.47. The molecule has 0 spiro atoms. The average Bonchev–Trinajstić information content (AvgIpc) is 2.70. The highest BCUT2D eigenvalue weighted by Crippen LogP contribution is 2.29. The van der Waals surface area contributed by atoms with Crippen molar-refractivity contribution >= 4 is 28.8 Å². The molecule has 0 unspecified atom stereocenters. The zero-order chi connectivity index (χ0) is 14.7. The number of carbonyl (C=O) groups excluding carboxylic acids is 1. The second-order valence-electron chi connectivity index (χ2n) is 3.97. The van der Waals surface area contributed by atoms with Gasteiger partial charge >= 0.3 is 12.1 Å². The quantitative estimate of drug-likeness (QED) is 0.832. The molecular formula is C13H13N3O4. The minimum absolute atomic E-state index is 0.0389. The van der Waals surface area contributed by atoms with Gasteiger partial charge < -0.3 is 14.4 Å². The predicted molar refractivity (Wildman–Crippen MR) is 72.8 cm³/mol. The first-order chi connectivity index (χ1) is 9.56. The molecule has 0 bridgehead atoms. The Labute approximate surface area is 114 Å². The number of amides is 1. The van der Waals surface area contributed by atoms with E-state index in [9.17, 15) is 14.7 Å². The number of ether oxygens (including phenoxy) is 1. The summed E-state index contributed by atoms with van der Waals surface area (Å²) in [7, 11) is 1.57. The van der Waals surface area contributed by atoms with Gasteiger partial charge in [0.15, 0.2) is 5.69 Å². The lowest BCUT2D eigenvalue weighted by Gasteiger charge is -2.06. The number of hydrogen-bond acceptors (Lipinski definition) is 4. The smallest absolute Gasteiger partial charge is 0.412 e. The van der Waals surface area contributed by atoms with Crippen molar-refractivity contribution in [2.45, 2.75) is 0 Å². The van der Waals surface area contributed by atoms with Crippen molar-refractivity contribution in [1.82, 2.24) is 9.55 Å². The van der Waals surface area contributed by atoms with Crippen LogP contribution in [0.3, 0.4) is 0 Å². The lowest BCUT2D eigenvalue weighted by molar-refractivity contribution is 0.0688. The monoisotopic (exact) mass is 275 g/mol. The largest absolute Gasteiger partial charge is 0.477 e. The first-order valence-corrected chi connectivity index (χ1v) is 5.77. The Balaban J connectivity index is 2.50. The van der Waals surface area contributed by atoms with Crippen molar-refractivity contribution in [2.24, 2.45) is 7.05 Å². The van der Waals surface area contributed by atoms with Crippen LogP contribution in [-0.2, 0) is 11.8 Å². The topological polar surface area (TPSA) is 93.5 Å². The van der Waals surface area contributed by atoms with E-state index < -0.39 is 12.1 Å². The minimum atomic E-state index is -1.16. The molecule has 104 valence electrons. The van der Waals surface area contributed by atoms with Gasteiger partial charge in [0, 0.05) is 18.6 Å². The van der Waals surface area contributed by atoms with Crippen LogP contribution in [0, 0.1) is 0 Å². The van der Waals surface area contributed by atoms with Crippen molar-refractivity contribution < 1.29 is 19.4 Å². The predicted octanol–water partition coefficient (Wildman–Crippen LogP) is 2.01. The van der Waals surface area contributed by atoms with Gasteiger partial charge in [0.05, 0.1) is 5.69 Å². The second-order valence-corrected chi connectivity index (χ2v) is 3.97. The van der Waals surface area contributed by atoms with Gasteiger partial charge in [-0.1, -0.05) is 12.7 Å². The van der Waals surface area contributed by atoms with Gasteiger partial charge in [-0.05, 0) is 12.1 Å². The van der Waals surface area contributed by atoms with E-state index in [1.807, 2.05) is 0 Å². The van der Waals surface area contributed by atoms with Crippen molar-refractivity contribution in [3.05, 3.63) is 36.7 Å². The summed E-state index contributed by atoms with van der Waals surface area (Å²) in [5, 5.41) is 12.3. The van der Waals surface area contributed by atoms with Gasteiger partial charge in [-0.2, -0.15) is 0 Å². The Morgan fingerprint density at radius 2 is 2.35 bits per heavy atom. The first-order valence-electron chi connectivity index (χ1n) is 5.77. The van der Waals surface area contributed by atoms with Gasteiger partial charge in [-0.25, -0.2) is 14.6 Å². The van der Waals surface area contributed by atoms with Gasteiger partial charge in [0.1, 0.15) is 12.3 Å². The van der Waals surface area contributed by atoms with Crippen molar-refractivity contribution in [3.63, 3.8) is 0 Å². The zero-order valence-electron chi connectivity index (χ0n) is 10.8. The average molecular weight is 275 g/mol. The number of aryl methyl sites for hydroxylation is 1. The molecule has 2 aromatic heterocycles. The van der Waals surface area contributed by atoms with Crippen LogP contribution in [0.25, 0.3) is 11.0 Å². The Morgan fingerprint density at radius 3 is 3.00 bits per heavy atom. The minimum Gasteiger partial charge on any atom is -0.477 e. The van der Waals surface area contributed by atoms with E-state index in [1.165, 1.54) is 10.6 Å². The van der Waals surface area contributed by atoms with Crippen LogP contribution in [-0.4, -0.2) is 33.3 Å². The maximum absolute atomic E-state index is 11.6. The number of anilines is 1. The normalized spacial score (nSPS) is 10.2. The Bertz CT molecular complexity index is 690. The molecule has 20 heavy (non-hydrogen) atoms. The molecular weight excluding hydrogens is 262 g/mol. The molecule has 0 fully saturated rings. The number of carboxylic acids is 1. The highest BCUT2D eigenvalue weighted by Gasteiger charge is 2.22. The summed E-state index contributed by atoms with van der Waals surface area (Å²) in [6.07, 6.45) is 2.22. The van der Waals surface area contributed by atoms with Gasteiger partial charge in [0.25, 0.3) is 0 Å². The Kier molecular flexibility index (Phi) is 3.69. The standard InChI is InChI=1S/C13H13N3O4/c1-3-7-20-13(19)15-9-8-5-4-6-14-11(8)16(2)10(9)12(17)18/h3-6H,1,7H2,2H3,(H,15,19)(H,17,18). The molecule has 0 atom stereocenters. The van der Waals surface area contributed by atoms with Crippen LogP contribution in [0.2, 0.25) is 0 Å². The molecule has 0 aliphatic rings. The third kappa shape index (κ3) is 2.33. The molecule has 7 nitrogen and oxygen atoms in total. The number of aromatic nitrogens is 2. The second kappa shape index (κ2) is 5.43. The molecule has 2 aromatic rings. The van der Waals surface area contributed by atoms with E-state index in [1.54, 1.807) is 25.4 Å². The van der Waals surface area contributed by atoms with Crippen molar-refractivity contribution in [2.75, 3.05) is 11.9 Å². The van der Waals surface area contributed by atoms with Crippen LogP contribution in [0.5, 0.6) is 0 Å². The summed E-state index contributed by atoms with van der Waals surface area (Å²) < 4.78 is 6.20. The van der Waals surface area contributed by atoms with Crippen molar-refractivity contribution in [1.29, 1.82) is 0 Å². The summed E-state index contributed by atoms with van der Waals surface area (Å²) in [5.41, 5.74) is 0.565.